The number of aryl methyl sites for hydroxylation is 2. The summed E-state index contributed by atoms with van der Waals surface area (Å²) in [6.07, 6.45) is 1.33. The van der Waals surface area contributed by atoms with Crippen molar-refractivity contribution in [3.8, 4) is 0 Å². The van der Waals surface area contributed by atoms with Crippen LogP contribution in [0.2, 0.25) is 0 Å². The lowest BCUT2D eigenvalue weighted by Gasteiger charge is -1.96. The molecule has 5 nitrogen and oxygen atoms in total. The van der Waals surface area contributed by atoms with Crippen LogP contribution in [0.25, 0.3) is 11.0 Å². The highest BCUT2D eigenvalue weighted by atomic mass is 16.4. The Balaban J connectivity index is 2.82. The van der Waals surface area contributed by atoms with Gasteiger partial charge in [0.25, 0.3) is 0 Å². The van der Waals surface area contributed by atoms with E-state index < -0.39 is 0 Å². The van der Waals surface area contributed by atoms with Gasteiger partial charge in [0.15, 0.2) is 0 Å². The van der Waals surface area contributed by atoms with Gasteiger partial charge in [-0.15, -0.1) is 0 Å². The number of benzene rings is 1. The predicted molar refractivity (Wildman–Crippen MR) is 57.5 cm³/mol. The molecule has 0 fully saturated rings. The van der Waals surface area contributed by atoms with Crippen molar-refractivity contribution in [3.05, 3.63) is 34.2 Å². The van der Waals surface area contributed by atoms with Crippen LogP contribution >= 0.6 is 0 Å². The van der Waals surface area contributed by atoms with Crippen LogP contribution in [-0.4, -0.2) is 20.6 Å². The average molecular weight is 205 g/mol. The molecule has 0 aliphatic heterocycles. The topological polar surface area (TPSA) is 59.5 Å². The molecule has 2 aromatic rings. The molecule has 0 spiro atoms. The van der Waals surface area contributed by atoms with Crippen LogP contribution < -0.4 is 5.69 Å². The molecule has 0 atom stereocenters. The second-order valence-corrected chi connectivity index (χ2v) is 3.39. The fraction of sp³-hybridized carbons (Fsp3) is 0.200. The van der Waals surface area contributed by atoms with Crippen LogP contribution in [0.5, 0.6) is 0 Å². The maximum atomic E-state index is 11.6. The predicted octanol–water partition coefficient (Wildman–Crippen LogP) is 0.685. The molecule has 0 saturated heterocycles. The van der Waals surface area contributed by atoms with Crippen molar-refractivity contribution in [1.29, 1.82) is 0 Å². The van der Waals surface area contributed by atoms with Gasteiger partial charge in [-0.05, 0) is 17.7 Å². The summed E-state index contributed by atoms with van der Waals surface area (Å²) in [6, 6.07) is 5.42. The molecule has 0 amide bonds. The average Bonchev–Trinajstić information content (AvgIpc) is 2.45. The lowest BCUT2D eigenvalue weighted by molar-refractivity contribution is 0.322. The van der Waals surface area contributed by atoms with Crippen LogP contribution in [0.4, 0.5) is 0 Å². The molecule has 0 radical (unpaired) electrons. The minimum atomic E-state index is -0.0666. The van der Waals surface area contributed by atoms with Gasteiger partial charge < -0.3 is 5.21 Å². The van der Waals surface area contributed by atoms with Gasteiger partial charge in [0.2, 0.25) is 0 Å². The highest BCUT2D eigenvalue weighted by molar-refractivity contribution is 5.87. The summed E-state index contributed by atoms with van der Waals surface area (Å²) in [6.45, 7) is 0. The zero-order chi connectivity index (χ0) is 11.0. The van der Waals surface area contributed by atoms with Crippen LogP contribution in [0.15, 0.2) is 28.1 Å². The molecule has 0 saturated carbocycles. The number of hydrogen-bond acceptors (Lipinski definition) is 3. The normalized spacial score (nSPS) is 11.6. The van der Waals surface area contributed by atoms with E-state index in [4.69, 9.17) is 5.21 Å². The zero-order valence-electron chi connectivity index (χ0n) is 8.51. The van der Waals surface area contributed by atoms with Crippen molar-refractivity contribution < 1.29 is 5.21 Å². The first kappa shape index (κ1) is 9.51. The lowest BCUT2D eigenvalue weighted by atomic mass is 10.2. The molecule has 78 valence electrons. The molecule has 1 heterocycles. The van der Waals surface area contributed by atoms with E-state index in [1.165, 1.54) is 6.21 Å². The molecule has 0 unspecified atom stereocenters. The molecule has 2 rings (SSSR count). The van der Waals surface area contributed by atoms with Crippen molar-refractivity contribution in [2.75, 3.05) is 0 Å². The number of rotatable bonds is 1. The Bertz CT molecular complexity index is 592. The number of nitrogens with zero attached hydrogens (tertiary/aromatic N) is 3. The molecule has 1 aromatic carbocycles. The van der Waals surface area contributed by atoms with Gasteiger partial charge in [0, 0.05) is 14.1 Å². The Labute approximate surface area is 85.9 Å². The van der Waals surface area contributed by atoms with Crippen LogP contribution in [0.1, 0.15) is 5.56 Å². The number of imidazole rings is 1. The molecule has 1 N–H and O–H groups in total. The summed E-state index contributed by atoms with van der Waals surface area (Å²) in [5, 5.41) is 11.4. The maximum absolute atomic E-state index is 11.6. The highest BCUT2D eigenvalue weighted by Crippen LogP contribution is 2.12. The Kier molecular flexibility index (Phi) is 2.07. The monoisotopic (exact) mass is 205 g/mol. The van der Waals surface area contributed by atoms with Crippen molar-refractivity contribution in [2.45, 2.75) is 0 Å². The van der Waals surface area contributed by atoms with Crippen LogP contribution in [-0.2, 0) is 14.1 Å². The van der Waals surface area contributed by atoms with Crippen LogP contribution in [0.3, 0.4) is 0 Å². The minimum Gasteiger partial charge on any atom is -0.411 e. The molecule has 5 heteroatoms. The maximum Gasteiger partial charge on any atom is 0.328 e. The molecule has 0 aliphatic carbocycles. The molecular weight excluding hydrogens is 194 g/mol. The number of fused-ring (bicyclic) bond motifs is 1. The smallest absolute Gasteiger partial charge is 0.328 e. The SMILES string of the molecule is Cn1c(=O)n(C)c2cc(/C=N\O)ccc21. The van der Waals surface area contributed by atoms with E-state index in [1.54, 1.807) is 35.4 Å². The quantitative estimate of drug-likeness (QED) is 0.423. The number of aromatic nitrogens is 2. The van der Waals surface area contributed by atoms with Gasteiger partial charge in [0.1, 0.15) is 0 Å². The van der Waals surface area contributed by atoms with Crippen molar-refractivity contribution in [2.24, 2.45) is 19.3 Å². The van der Waals surface area contributed by atoms with Crippen molar-refractivity contribution in [3.63, 3.8) is 0 Å². The second kappa shape index (κ2) is 3.27. The number of oxime groups is 1. The van der Waals surface area contributed by atoms with Gasteiger partial charge >= 0.3 is 5.69 Å². The third-order valence-corrected chi connectivity index (χ3v) is 2.50. The first-order valence-corrected chi connectivity index (χ1v) is 4.48. The fourth-order valence-electron chi connectivity index (χ4n) is 1.67. The molecule has 0 bridgehead atoms. The van der Waals surface area contributed by atoms with E-state index in [1.807, 2.05) is 6.07 Å². The second-order valence-electron chi connectivity index (χ2n) is 3.39. The third kappa shape index (κ3) is 1.32. The van der Waals surface area contributed by atoms with Crippen molar-refractivity contribution in [1.82, 2.24) is 9.13 Å². The summed E-state index contributed by atoms with van der Waals surface area (Å²) in [7, 11) is 3.44. The number of hydrogen-bond donors (Lipinski definition) is 1. The zero-order valence-corrected chi connectivity index (χ0v) is 8.51. The Morgan fingerprint density at radius 3 is 2.60 bits per heavy atom. The summed E-state index contributed by atoms with van der Waals surface area (Å²) < 4.78 is 3.14. The van der Waals surface area contributed by atoms with E-state index in [0.29, 0.717) is 0 Å². The molecule has 15 heavy (non-hydrogen) atoms. The summed E-state index contributed by atoms with van der Waals surface area (Å²) in [5.41, 5.74) is 2.37. The standard InChI is InChI=1S/C10H11N3O2/c1-12-8-4-3-7(6-11-15)5-9(8)13(2)10(12)14/h3-6,15H,1-2H3/b11-6-. The fourth-order valence-corrected chi connectivity index (χ4v) is 1.67. The van der Waals surface area contributed by atoms with E-state index in [0.717, 1.165) is 16.6 Å². The van der Waals surface area contributed by atoms with Gasteiger partial charge in [-0.3, -0.25) is 9.13 Å². The molecular formula is C10H11N3O2. The summed E-state index contributed by atoms with van der Waals surface area (Å²) in [4.78, 5) is 11.6. The van der Waals surface area contributed by atoms with Crippen LogP contribution in [0, 0.1) is 0 Å². The summed E-state index contributed by atoms with van der Waals surface area (Å²) >= 11 is 0. The van der Waals surface area contributed by atoms with E-state index in [2.05, 4.69) is 5.16 Å². The molecule has 1 aromatic heterocycles. The first-order valence-electron chi connectivity index (χ1n) is 4.48. The summed E-state index contributed by atoms with van der Waals surface area (Å²) in [5.74, 6) is 0. The van der Waals surface area contributed by atoms with Gasteiger partial charge in [-0.1, -0.05) is 11.2 Å². The van der Waals surface area contributed by atoms with Gasteiger partial charge in [0.05, 0.1) is 17.2 Å². The Hall–Kier alpha value is -2.04. The van der Waals surface area contributed by atoms with E-state index in [-0.39, 0.29) is 5.69 Å². The largest absolute Gasteiger partial charge is 0.411 e. The van der Waals surface area contributed by atoms with Gasteiger partial charge in [-0.2, -0.15) is 0 Å². The van der Waals surface area contributed by atoms with E-state index >= 15 is 0 Å². The van der Waals surface area contributed by atoms with Crippen molar-refractivity contribution >= 4 is 17.2 Å². The first-order chi connectivity index (χ1) is 7.15. The van der Waals surface area contributed by atoms with Gasteiger partial charge in [-0.25, -0.2) is 4.79 Å². The minimum absolute atomic E-state index is 0.0666. The highest BCUT2D eigenvalue weighted by Gasteiger charge is 2.06. The third-order valence-electron chi connectivity index (χ3n) is 2.50. The van der Waals surface area contributed by atoms with E-state index in [9.17, 15) is 4.79 Å². The lowest BCUT2D eigenvalue weighted by Crippen LogP contribution is -2.19. The molecule has 0 aliphatic rings. The Morgan fingerprint density at radius 1 is 1.27 bits per heavy atom. The Morgan fingerprint density at radius 2 is 1.93 bits per heavy atom.